The number of para-hydroxylation sites is 1. The molecule has 1 amide bonds. The first-order chi connectivity index (χ1) is 12.3. The summed E-state index contributed by atoms with van der Waals surface area (Å²) in [5.41, 5.74) is 0.670. The van der Waals surface area contributed by atoms with E-state index in [0.717, 1.165) is 24.5 Å². The number of carbonyl (C=O) groups excluding carboxylic acids is 1. The summed E-state index contributed by atoms with van der Waals surface area (Å²) in [7, 11) is 0. The molecule has 0 aliphatic heterocycles. The van der Waals surface area contributed by atoms with E-state index in [1.54, 1.807) is 12.1 Å². The maximum atomic E-state index is 12.1. The van der Waals surface area contributed by atoms with Gasteiger partial charge < -0.3 is 10.1 Å². The molecule has 0 aliphatic rings. The number of nitrogens with one attached hydrogen (secondary N) is 1. The molecule has 0 spiro atoms. The van der Waals surface area contributed by atoms with Crippen LogP contribution in [0, 0.1) is 0 Å². The highest BCUT2D eigenvalue weighted by Crippen LogP contribution is 2.21. The fourth-order valence-electron chi connectivity index (χ4n) is 2.69. The lowest BCUT2D eigenvalue weighted by molar-refractivity contribution is 0.0953. The van der Waals surface area contributed by atoms with Crippen LogP contribution in [0.2, 0.25) is 0 Å². The van der Waals surface area contributed by atoms with E-state index in [1.165, 1.54) is 38.5 Å². The second kappa shape index (κ2) is 11.3. The first-order valence-electron chi connectivity index (χ1n) is 9.41. The zero-order valence-corrected chi connectivity index (χ0v) is 15.2. The first kappa shape index (κ1) is 19.0. The maximum absolute atomic E-state index is 12.1. The molecule has 2 aromatic rings. The van der Waals surface area contributed by atoms with Crippen molar-refractivity contribution < 1.29 is 9.53 Å². The molecule has 134 valence electrons. The van der Waals surface area contributed by atoms with Crippen LogP contribution in [0.1, 0.15) is 62.2 Å². The summed E-state index contributed by atoms with van der Waals surface area (Å²) in [6, 6.07) is 16.9. The molecule has 0 atom stereocenters. The molecule has 3 nitrogen and oxygen atoms in total. The van der Waals surface area contributed by atoms with Gasteiger partial charge in [0, 0.05) is 12.1 Å². The van der Waals surface area contributed by atoms with E-state index < -0.39 is 0 Å². The molecule has 25 heavy (non-hydrogen) atoms. The molecule has 0 fully saturated rings. The van der Waals surface area contributed by atoms with Crippen molar-refractivity contribution in [3.63, 3.8) is 0 Å². The SMILES string of the molecule is CCCCCCCCCNC(=O)c1ccc(Oc2ccccc2)cc1. The summed E-state index contributed by atoms with van der Waals surface area (Å²) in [5.74, 6) is 1.51. The van der Waals surface area contributed by atoms with Gasteiger partial charge in [-0.15, -0.1) is 0 Å². The molecule has 0 radical (unpaired) electrons. The van der Waals surface area contributed by atoms with Gasteiger partial charge in [0.1, 0.15) is 11.5 Å². The molecular weight excluding hydrogens is 310 g/mol. The van der Waals surface area contributed by atoms with Crippen molar-refractivity contribution in [3.8, 4) is 11.5 Å². The Hall–Kier alpha value is -2.29. The highest BCUT2D eigenvalue weighted by Gasteiger charge is 2.05. The van der Waals surface area contributed by atoms with Crippen molar-refractivity contribution >= 4 is 5.91 Å². The maximum Gasteiger partial charge on any atom is 0.251 e. The molecule has 0 heterocycles. The number of hydrogen-bond donors (Lipinski definition) is 1. The third-order valence-electron chi connectivity index (χ3n) is 4.16. The standard InChI is InChI=1S/C22H29NO2/c1-2-3-4-5-6-7-11-18-23-22(24)19-14-16-21(17-15-19)25-20-12-9-8-10-13-20/h8-10,12-17H,2-7,11,18H2,1H3,(H,23,24). The summed E-state index contributed by atoms with van der Waals surface area (Å²) in [6.45, 7) is 2.98. The van der Waals surface area contributed by atoms with Crippen molar-refractivity contribution in [2.45, 2.75) is 51.9 Å². The quantitative estimate of drug-likeness (QED) is 0.513. The number of ether oxygens (including phenoxy) is 1. The summed E-state index contributed by atoms with van der Waals surface area (Å²) in [6.07, 6.45) is 8.76. The lowest BCUT2D eigenvalue weighted by Gasteiger charge is -2.08. The van der Waals surface area contributed by atoms with Gasteiger partial charge in [-0.3, -0.25) is 4.79 Å². The van der Waals surface area contributed by atoms with Crippen LogP contribution in [0.15, 0.2) is 54.6 Å². The summed E-state index contributed by atoms with van der Waals surface area (Å²) in [5, 5.41) is 2.99. The molecule has 2 aromatic carbocycles. The Bertz CT molecular complexity index is 608. The highest BCUT2D eigenvalue weighted by molar-refractivity contribution is 5.94. The van der Waals surface area contributed by atoms with Crippen LogP contribution < -0.4 is 10.1 Å². The van der Waals surface area contributed by atoms with Crippen molar-refractivity contribution in [2.75, 3.05) is 6.54 Å². The largest absolute Gasteiger partial charge is 0.457 e. The molecule has 0 aromatic heterocycles. The molecule has 0 unspecified atom stereocenters. The topological polar surface area (TPSA) is 38.3 Å². The van der Waals surface area contributed by atoms with E-state index in [1.807, 2.05) is 42.5 Å². The zero-order chi connectivity index (χ0) is 17.7. The van der Waals surface area contributed by atoms with Crippen LogP contribution in [0.3, 0.4) is 0 Å². The van der Waals surface area contributed by atoms with E-state index in [9.17, 15) is 4.79 Å². The lowest BCUT2D eigenvalue weighted by atomic mass is 10.1. The van der Waals surface area contributed by atoms with E-state index in [2.05, 4.69) is 12.2 Å². The van der Waals surface area contributed by atoms with Crippen LogP contribution in [0.5, 0.6) is 11.5 Å². The van der Waals surface area contributed by atoms with Crippen LogP contribution in [0.25, 0.3) is 0 Å². The van der Waals surface area contributed by atoms with Crippen LogP contribution >= 0.6 is 0 Å². The second-order valence-corrected chi connectivity index (χ2v) is 6.32. The minimum atomic E-state index is -0.0164. The minimum Gasteiger partial charge on any atom is -0.457 e. The van der Waals surface area contributed by atoms with Crippen LogP contribution in [0.4, 0.5) is 0 Å². The van der Waals surface area contributed by atoms with Crippen molar-refractivity contribution in [2.24, 2.45) is 0 Å². The predicted octanol–water partition coefficient (Wildman–Crippen LogP) is 5.96. The summed E-state index contributed by atoms with van der Waals surface area (Å²) in [4.78, 5) is 12.1. The zero-order valence-electron chi connectivity index (χ0n) is 15.2. The van der Waals surface area contributed by atoms with E-state index in [0.29, 0.717) is 5.56 Å². The van der Waals surface area contributed by atoms with Crippen molar-refractivity contribution in [3.05, 3.63) is 60.2 Å². The average molecular weight is 339 g/mol. The Morgan fingerprint density at radius 3 is 2.08 bits per heavy atom. The fraction of sp³-hybridized carbons (Fsp3) is 0.409. The minimum absolute atomic E-state index is 0.0164. The van der Waals surface area contributed by atoms with Gasteiger partial charge in [-0.05, 0) is 42.8 Å². The van der Waals surface area contributed by atoms with Gasteiger partial charge in [0.15, 0.2) is 0 Å². The van der Waals surface area contributed by atoms with Gasteiger partial charge in [0.05, 0.1) is 0 Å². The van der Waals surface area contributed by atoms with Gasteiger partial charge in [-0.1, -0.05) is 63.6 Å². The third kappa shape index (κ3) is 7.42. The molecule has 0 aliphatic carbocycles. The molecule has 0 bridgehead atoms. The number of benzene rings is 2. The third-order valence-corrected chi connectivity index (χ3v) is 4.16. The van der Waals surface area contributed by atoms with Crippen molar-refractivity contribution in [1.29, 1.82) is 0 Å². The molecule has 0 saturated heterocycles. The van der Waals surface area contributed by atoms with Gasteiger partial charge in [-0.2, -0.15) is 0 Å². The van der Waals surface area contributed by atoms with Gasteiger partial charge in [-0.25, -0.2) is 0 Å². The van der Waals surface area contributed by atoms with E-state index in [-0.39, 0.29) is 5.91 Å². The Kier molecular flexibility index (Phi) is 8.60. The van der Waals surface area contributed by atoms with Gasteiger partial charge in [0.25, 0.3) is 5.91 Å². The Balaban J connectivity index is 1.66. The average Bonchev–Trinajstić information content (AvgIpc) is 2.65. The molecule has 3 heteroatoms. The lowest BCUT2D eigenvalue weighted by Crippen LogP contribution is -2.24. The molecule has 2 rings (SSSR count). The number of unbranched alkanes of at least 4 members (excludes halogenated alkanes) is 6. The second-order valence-electron chi connectivity index (χ2n) is 6.32. The Morgan fingerprint density at radius 1 is 0.800 bits per heavy atom. The Labute approximate surface area is 151 Å². The number of amides is 1. The number of rotatable bonds is 11. The van der Waals surface area contributed by atoms with E-state index in [4.69, 9.17) is 4.74 Å². The van der Waals surface area contributed by atoms with Crippen LogP contribution in [-0.2, 0) is 0 Å². The molecule has 1 N–H and O–H groups in total. The Morgan fingerprint density at radius 2 is 1.40 bits per heavy atom. The summed E-state index contributed by atoms with van der Waals surface area (Å²) < 4.78 is 5.73. The van der Waals surface area contributed by atoms with Gasteiger partial charge in [0.2, 0.25) is 0 Å². The first-order valence-corrected chi connectivity index (χ1v) is 9.41. The smallest absolute Gasteiger partial charge is 0.251 e. The fourth-order valence-corrected chi connectivity index (χ4v) is 2.69. The van der Waals surface area contributed by atoms with E-state index >= 15 is 0 Å². The number of carbonyl (C=O) groups is 1. The molecule has 0 saturated carbocycles. The monoisotopic (exact) mass is 339 g/mol. The normalized spacial score (nSPS) is 10.4. The van der Waals surface area contributed by atoms with Gasteiger partial charge >= 0.3 is 0 Å². The number of hydrogen-bond acceptors (Lipinski definition) is 2. The summed E-state index contributed by atoms with van der Waals surface area (Å²) >= 11 is 0. The molecular formula is C22H29NO2. The predicted molar refractivity (Wildman–Crippen MR) is 103 cm³/mol. The highest BCUT2D eigenvalue weighted by atomic mass is 16.5. The van der Waals surface area contributed by atoms with Crippen LogP contribution in [-0.4, -0.2) is 12.5 Å². The van der Waals surface area contributed by atoms with Crippen molar-refractivity contribution in [1.82, 2.24) is 5.32 Å².